The number of aromatic amines is 2. The van der Waals surface area contributed by atoms with Gasteiger partial charge in [-0.05, 0) is 32.0 Å². The number of nitrogens with two attached hydrogens (primary N) is 1. The summed E-state index contributed by atoms with van der Waals surface area (Å²) in [6, 6.07) is 1.84. The number of anilines is 1. The van der Waals surface area contributed by atoms with E-state index in [0.717, 1.165) is 53.9 Å². The number of nitrogen functional groups attached to an aromatic ring is 1. The van der Waals surface area contributed by atoms with Crippen molar-refractivity contribution in [2.75, 3.05) is 18.8 Å². The van der Waals surface area contributed by atoms with E-state index in [9.17, 15) is 0 Å². The van der Waals surface area contributed by atoms with Crippen LogP contribution in [0, 0.1) is 0 Å². The van der Waals surface area contributed by atoms with Crippen molar-refractivity contribution >= 4 is 16.9 Å². The van der Waals surface area contributed by atoms with E-state index in [2.05, 4.69) is 35.5 Å². The number of H-pyrrole nitrogens is 2. The van der Waals surface area contributed by atoms with Crippen LogP contribution in [0.25, 0.3) is 33.8 Å². The highest BCUT2D eigenvalue weighted by atomic mass is 15.1. The molecule has 5 heterocycles. The van der Waals surface area contributed by atoms with E-state index in [1.807, 2.05) is 12.3 Å². The van der Waals surface area contributed by atoms with Crippen LogP contribution in [-0.2, 0) is 0 Å². The van der Waals surface area contributed by atoms with Crippen molar-refractivity contribution in [1.82, 2.24) is 40.4 Å². The first-order chi connectivity index (χ1) is 13.3. The molecule has 5 rings (SSSR count). The molecule has 0 atom stereocenters. The fourth-order valence-electron chi connectivity index (χ4n) is 3.59. The summed E-state index contributed by atoms with van der Waals surface area (Å²) in [7, 11) is 0. The molecule has 0 aliphatic carbocycles. The van der Waals surface area contributed by atoms with E-state index < -0.39 is 0 Å². The van der Waals surface area contributed by atoms with Crippen molar-refractivity contribution in [1.29, 1.82) is 0 Å². The number of piperidine rings is 1. The maximum atomic E-state index is 6.10. The number of pyridine rings is 1. The molecule has 27 heavy (non-hydrogen) atoms. The largest absolute Gasteiger partial charge is 0.382 e. The van der Waals surface area contributed by atoms with Crippen LogP contribution >= 0.6 is 0 Å². The summed E-state index contributed by atoms with van der Waals surface area (Å²) >= 11 is 0. The lowest BCUT2D eigenvalue weighted by Gasteiger charge is -2.22. The molecule has 1 fully saturated rings. The van der Waals surface area contributed by atoms with Crippen LogP contribution in [0.15, 0.2) is 30.9 Å². The van der Waals surface area contributed by atoms with Gasteiger partial charge in [0.15, 0.2) is 11.6 Å². The summed E-state index contributed by atoms with van der Waals surface area (Å²) in [5, 5.41) is 10.8. The topological polar surface area (TPSA) is 134 Å². The first kappa shape index (κ1) is 15.9. The molecule has 9 nitrogen and oxygen atoms in total. The minimum atomic E-state index is 0.331. The van der Waals surface area contributed by atoms with Crippen LogP contribution in [-0.4, -0.2) is 48.2 Å². The predicted octanol–water partition coefficient (Wildman–Crippen LogP) is 1.85. The zero-order chi connectivity index (χ0) is 18.2. The Morgan fingerprint density at radius 2 is 1.96 bits per heavy atom. The molecular weight excluding hydrogens is 342 g/mol. The number of aromatic nitrogens is 7. The second-order valence-electron chi connectivity index (χ2n) is 6.69. The molecule has 1 aliphatic heterocycles. The van der Waals surface area contributed by atoms with Gasteiger partial charge >= 0.3 is 0 Å². The van der Waals surface area contributed by atoms with E-state index in [1.165, 1.54) is 0 Å². The molecule has 0 unspecified atom stereocenters. The highest BCUT2D eigenvalue weighted by Gasteiger charge is 2.22. The number of imidazole rings is 1. The van der Waals surface area contributed by atoms with Gasteiger partial charge < -0.3 is 16.0 Å². The van der Waals surface area contributed by atoms with Crippen LogP contribution < -0.4 is 11.1 Å². The SMILES string of the molecule is Nc1ncc(-c2cn[nH]c2C2CCNCC2)nc1-c1nc2ccncc2[nH]1. The zero-order valence-electron chi connectivity index (χ0n) is 14.6. The summed E-state index contributed by atoms with van der Waals surface area (Å²) in [6.07, 6.45) is 9.07. The number of fused-ring (bicyclic) bond motifs is 1. The lowest BCUT2D eigenvalue weighted by Crippen LogP contribution is -2.27. The maximum absolute atomic E-state index is 6.10. The molecule has 0 saturated carbocycles. The van der Waals surface area contributed by atoms with Crippen LogP contribution in [0.4, 0.5) is 5.82 Å². The molecule has 1 aliphatic rings. The molecule has 0 amide bonds. The van der Waals surface area contributed by atoms with E-state index >= 15 is 0 Å². The van der Waals surface area contributed by atoms with Gasteiger partial charge in [-0.3, -0.25) is 10.1 Å². The Labute approximate surface area is 154 Å². The second kappa shape index (κ2) is 6.44. The summed E-state index contributed by atoms with van der Waals surface area (Å²) in [4.78, 5) is 21.0. The van der Waals surface area contributed by atoms with Gasteiger partial charge in [-0.25, -0.2) is 15.0 Å². The van der Waals surface area contributed by atoms with Gasteiger partial charge in [0, 0.05) is 23.4 Å². The Bertz CT molecular complexity index is 1060. The molecule has 0 aromatic carbocycles. The first-order valence-corrected chi connectivity index (χ1v) is 8.96. The average Bonchev–Trinajstić information content (AvgIpc) is 3.36. The van der Waals surface area contributed by atoms with Crippen molar-refractivity contribution in [2.24, 2.45) is 0 Å². The van der Waals surface area contributed by atoms with Gasteiger partial charge in [0.1, 0.15) is 5.69 Å². The lowest BCUT2D eigenvalue weighted by atomic mass is 9.91. The van der Waals surface area contributed by atoms with Gasteiger partial charge in [-0.1, -0.05) is 0 Å². The monoisotopic (exact) mass is 361 g/mol. The van der Waals surface area contributed by atoms with E-state index in [4.69, 9.17) is 10.7 Å². The summed E-state index contributed by atoms with van der Waals surface area (Å²) in [6.45, 7) is 2.02. The normalized spacial score (nSPS) is 15.4. The fourth-order valence-corrected chi connectivity index (χ4v) is 3.59. The van der Waals surface area contributed by atoms with Crippen molar-refractivity contribution in [3.63, 3.8) is 0 Å². The molecule has 1 saturated heterocycles. The quantitative estimate of drug-likeness (QED) is 0.437. The summed E-state index contributed by atoms with van der Waals surface area (Å²) in [5.41, 5.74) is 11.1. The third-order valence-electron chi connectivity index (χ3n) is 5.00. The van der Waals surface area contributed by atoms with Gasteiger partial charge in [0.25, 0.3) is 0 Å². The van der Waals surface area contributed by atoms with Crippen molar-refractivity contribution in [3.8, 4) is 22.8 Å². The molecule has 136 valence electrons. The maximum Gasteiger partial charge on any atom is 0.161 e. The van der Waals surface area contributed by atoms with Crippen LogP contribution in [0.3, 0.4) is 0 Å². The van der Waals surface area contributed by atoms with Crippen LogP contribution in [0.1, 0.15) is 24.5 Å². The van der Waals surface area contributed by atoms with Crippen LogP contribution in [0.2, 0.25) is 0 Å². The number of nitrogens with one attached hydrogen (secondary N) is 3. The van der Waals surface area contributed by atoms with E-state index in [1.54, 1.807) is 18.6 Å². The minimum absolute atomic E-state index is 0.331. The Balaban J connectivity index is 1.57. The highest BCUT2D eigenvalue weighted by Crippen LogP contribution is 2.33. The van der Waals surface area contributed by atoms with Gasteiger partial charge in [0.2, 0.25) is 0 Å². The van der Waals surface area contributed by atoms with Gasteiger partial charge in [-0.2, -0.15) is 5.10 Å². The third kappa shape index (κ3) is 2.81. The molecule has 5 N–H and O–H groups in total. The standard InChI is InChI=1S/C18H19N9/c19-17-16(18-25-12-3-6-21-8-14(12)26-18)24-13(9-22-17)11-7-23-27-15(11)10-1-4-20-5-2-10/h3,6-10,20H,1-2,4-5H2,(H2,19,22)(H,23,27)(H,25,26). The number of rotatable bonds is 3. The summed E-state index contributed by atoms with van der Waals surface area (Å²) in [5.74, 6) is 1.35. The Hall–Kier alpha value is -3.33. The fraction of sp³-hybridized carbons (Fsp3) is 0.278. The average molecular weight is 361 g/mol. The number of nitrogens with zero attached hydrogens (tertiary/aromatic N) is 5. The predicted molar refractivity (Wildman–Crippen MR) is 102 cm³/mol. The minimum Gasteiger partial charge on any atom is -0.382 e. The molecule has 4 aromatic heterocycles. The van der Waals surface area contributed by atoms with Crippen molar-refractivity contribution in [2.45, 2.75) is 18.8 Å². The smallest absolute Gasteiger partial charge is 0.161 e. The highest BCUT2D eigenvalue weighted by molar-refractivity contribution is 5.80. The van der Waals surface area contributed by atoms with E-state index in [0.29, 0.717) is 23.3 Å². The molecule has 0 radical (unpaired) electrons. The molecule has 4 aromatic rings. The Morgan fingerprint density at radius 1 is 1.07 bits per heavy atom. The van der Waals surface area contributed by atoms with Crippen molar-refractivity contribution < 1.29 is 0 Å². The van der Waals surface area contributed by atoms with Crippen molar-refractivity contribution in [3.05, 3.63) is 36.5 Å². The van der Waals surface area contributed by atoms with Gasteiger partial charge in [0.05, 0.1) is 35.3 Å². The zero-order valence-corrected chi connectivity index (χ0v) is 14.6. The lowest BCUT2D eigenvalue weighted by molar-refractivity contribution is 0.453. The summed E-state index contributed by atoms with van der Waals surface area (Å²) < 4.78 is 0. The van der Waals surface area contributed by atoms with E-state index in [-0.39, 0.29) is 0 Å². The Morgan fingerprint density at radius 3 is 2.81 bits per heavy atom. The third-order valence-corrected chi connectivity index (χ3v) is 5.00. The van der Waals surface area contributed by atoms with Gasteiger partial charge in [-0.15, -0.1) is 0 Å². The van der Waals surface area contributed by atoms with Crippen LogP contribution in [0.5, 0.6) is 0 Å². The Kier molecular flexibility index (Phi) is 3.79. The molecule has 9 heteroatoms. The second-order valence-corrected chi connectivity index (χ2v) is 6.69. The number of hydrogen-bond donors (Lipinski definition) is 4. The number of hydrogen-bond acceptors (Lipinski definition) is 7. The first-order valence-electron chi connectivity index (χ1n) is 8.96. The molecular formula is C18H19N9. The molecule has 0 spiro atoms. The molecule has 0 bridgehead atoms.